The summed E-state index contributed by atoms with van der Waals surface area (Å²) in [5.74, 6) is 0.745. The standard InChI is InChI=1S/C27H28N6O5/c1-4-38-22(34)10-9-17-5-7-18(8-6-17)16-30-27-32-25(23(24(28)35)26-29-11-12-33(26)27)31-19-13-20(36-2)15-21(14-19)37-3/h5-15,31H,4,16H2,1-3H3,(H2,28,35)(H,30,32)/b10-9+. The minimum Gasteiger partial charge on any atom is -0.497 e. The van der Waals surface area contributed by atoms with E-state index in [0.717, 1.165) is 11.1 Å². The summed E-state index contributed by atoms with van der Waals surface area (Å²) in [6.07, 6.45) is 6.35. The number of rotatable bonds is 11. The Morgan fingerprint density at radius 2 is 1.79 bits per heavy atom. The monoisotopic (exact) mass is 516 g/mol. The number of hydrogen-bond donors (Lipinski definition) is 3. The Hall–Kier alpha value is -5.06. The molecule has 38 heavy (non-hydrogen) atoms. The summed E-state index contributed by atoms with van der Waals surface area (Å²) in [5.41, 5.74) is 8.63. The van der Waals surface area contributed by atoms with Gasteiger partial charge in [-0.15, -0.1) is 0 Å². The zero-order valence-electron chi connectivity index (χ0n) is 21.2. The molecule has 0 bridgehead atoms. The Bertz CT molecular complexity index is 1460. The molecule has 0 unspecified atom stereocenters. The Kier molecular flexibility index (Phi) is 8.07. The molecule has 196 valence electrons. The van der Waals surface area contributed by atoms with Gasteiger partial charge < -0.3 is 30.6 Å². The summed E-state index contributed by atoms with van der Waals surface area (Å²) in [4.78, 5) is 32.9. The van der Waals surface area contributed by atoms with Crippen molar-refractivity contribution in [3.8, 4) is 11.5 Å². The molecule has 0 aliphatic carbocycles. The van der Waals surface area contributed by atoms with Crippen LogP contribution >= 0.6 is 0 Å². The number of ether oxygens (including phenoxy) is 3. The lowest BCUT2D eigenvalue weighted by atomic mass is 10.1. The van der Waals surface area contributed by atoms with Crippen molar-refractivity contribution in [2.24, 2.45) is 5.73 Å². The molecule has 11 nitrogen and oxygen atoms in total. The molecule has 0 aliphatic heterocycles. The minimum atomic E-state index is -0.677. The van der Waals surface area contributed by atoms with E-state index in [-0.39, 0.29) is 17.4 Å². The molecule has 1 amide bonds. The summed E-state index contributed by atoms with van der Waals surface area (Å²) in [5, 5.41) is 6.44. The first-order chi connectivity index (χ1) is 18.4. The smallest absolute Gasteiger partial charge is 0.330 e. The molecule has 0 atom stereocenters. The number of hydrogen-bond acceptors (Lipinski definition) is 9. The van der Waals surface area contributed by atoms with E-state index in [4.69, 9.17) is 19.9 Å². The van der Waals surface area contributed by atoms with Crippen molar-refractivity contribution in [1.29, 1.82) is 0 Å². The molecule has 4 N–H and O–H groups in total. The lowest BCUT2D eigenvalue weighted by molar-refractivity contribution is -0.137. The molecule has 4 aromatic rings. The lowest BCUT2D eigenvalue weighted by Crippen LogP contribution is -2.18. The van der Waals surface area contributed by atoms with Gasteiger partial charge in [-0.05, 0) is 24.1 Å². The highest BCUT2D eigenvalue weighted by Crippen LogP contribution is 2.30. The number of carbonyl (C=O) groups excluding carboxylic acids is 2. The molecule has 0 aliphatic rings. The minimum absolute atomic E-state index is 0.139. The molecular weight excluding hydrogens is 488 g/mol. The van der Waals surface area contributed by atoms with Crippen molar-refractivity contribution in [1.82, 2.24) is 14.4 Å². The number of nitrogens with two attached hydrogens (primary N) is 1. The van der Waals surface area contributed by atoms with Gasteiger partial charge in [-0.25, -0.2) is 9.78 Å². The maximum absolute atomic E-state index is 12.4. The van der Waals surface area contributed by atoms with Gasteiger partial charge in [0.2, 0.25) is 5.95 Å². The summed E-state index contributed by atoms with van der Waals surface area (Å²) in [7, 11) is 3.10. The molecule has 0 saturated carbocycles. The third-order valence-electron chi connectivity index (χ3n) is 5.54. The Morgan fingerprint density at radius 3 is 2.42 bits per heavy atom. The predicted molar refractivity (Wildman–Crippen MR) is 144 cm³/mol. The van der Waals surface area contributed by atoms with Gasteiger partial charge in [-0.1, -0.05) is 24.3 Å². The molecular formula is C27H28N6O5. The maximum Gasteiger partial charge on any atom is 0.330 e. The number of anilines is 3. The number of imidazole rings is 1. The van der Waals surface area contributed by atoms with E-state index in [0.29, 0.717) is 41.9 Å². The quantitative estimate of drug-likeness (QED) is 0.200. The van der Waals surface area contributed by atoms with Crippen molar-refractivity contribution in [2.75, 3.05) is 31.5 Å². The highest BCUT2D eigenvalue weighted by molar-refractivity contribution is 6.04. The van der Waals surface area contributed by atoms with E-state index in [1.807, 2.05) is 24.3 Å². The molecule has 0 spiro atoms. The van der Waals surface area contributed by atoms with Crippen LogP contribution in [0.4, 0.5) is 17.5 Å². The van der Waals surface area contributed by atoms with E-state index >= 15 is 0 Å². The highest BCUT2D eigenvalue weighted by atomic mass is 16.5. The van der Waals surface area contributed by atoms with Crippen LogP contribution in [-0.2, 0) is 16.1 Å². The number of methoxy groups -OCH3 is 2. The Morgan fingerprint density at radius 1 is 1.08 bits per heavy atom. The Balaban J connectivity index is 1.60. The summed E-state index contributed by atoms with van der Waals surface area (Å²) in [6.45, 7) is 2.53. The van der Waals surface area contributed by atoms with Crippen LogP contribution in [0.1, 0.15) is 28.4 Å². The molecule has 2 aromatic carbocycles. The number of carbonyl (C=O) groups is 2. The number of nitrogens with one attached hydrogen (secondary N) is 2. The maximum atomic E-state index is 12.4. The second kappa shape index (κ2) is 11.8. The molecule has 2 heterocycles. The van der Waals surface area contributed by atoms with Crippen LogP contribution in [0.3, 0.4) is 0 Å². The highest BCUT2D eigenvalue weighted by Gasteiger charge is 2.20. The average molecular weight is 517 g/mol. The fourth-order valence-corrected chi connectivity index (χ4v) is 3.72. The summed E-state index contributed by atoms with van der Waals surface area (Å²) >= 11 is 0. The molecule has 11 heteroatoms. The average Bonchev–Trinajstić information content (AvgIpc) is 3.40. The molecule has 0 saturated heterocycles. The first-order valence-corrected chi connectivity index (χ1v) is 11.8. The first-order valence-electron chi connectivity index (χ1n) is 11.8. The summed E-state index contributed by atoms with van der Waals surface area (Å²) < 4.78 is 17.2. The van der Waals surface area contributed by atoms with E-state index in [1.54, 1.807) is 62.2 Å². The van der Waals surface area contributed by atoms with E-state index < -0.39 is 5.91 Å². The van der Waals surface area contributed by atoms with Gasteiger partial charge in [0.25, 0.3) is 5.91 Å². The van der Waals surface area contributed by atoms with Gasteiger partial charge in [0.05, 0.1) is 20.8 Å². The van der Waals surface area contributed by atoms with Gasteiger partial charge >= 0.3 is 5.97 Å². The van der Waals surface area contributed by atoms with Crippen molar-refractivity contribution in [2.45, 2.75) is 13.5 Å². The lowest BCUT2D eigenvalue weighted by Gasteiger charge is -2.16. The molecule has 0 radical (unpaired) electrons. The van der Waals surface area contributed by atoms with Crippen molar-refractivity contribution in [3.63, 3.8) is 0 Å². The zero-order chi connectivity index (χ0) is 27.1. The third-order valence-corrected chi connectivity index (χ3v) is 5.54. The fraction of sp³-hybridized carbons (Fsp3) is 0.185. The largest absolute Gasteiger partial charge is 0.497 e. The van der Waals surface area contributed by atoms with Gasteiger partial charge in [-0.2, -0.15) is 4.98 Å². The number of amides is 1. The number of esters is 1. The SMILES string of the molecule is CCOC(=O)/C=C/c1ccc(CNc2nc(Nc3cc(OC)cc(OC)c3)c(C(N)=O)c3nccn23)cc1. The van der Waals surface area contributed by atoms with Crippen LogP contribution in [0.5, 0.6) is 11.5 Å². The normalized spacial score (nSPS) is 10.9. The van der Waals surface area contributed by atoms with Gasteiger partial charge in [-0.3, -0.25) is 9.20 Å². The summed E-state index contributed by atoms with van der Waals surface area (Å²) in [6, 6.07) is 12.9. The van der Waals surface area contributed by atoms with Crippen LogP contribution in [0.25, 0.3) is 11.7 Å². The zero-order valence-corrected chi connectivity index (χ0v) is 21.2. The van der Waals surface area contributed by atoms with Crippen LogP contribution in [-0.4, -0.2) is 47.1 Å². The number of aromatic nitrogens is 3. The van der Waals surface area contributed by atoms with Crippen LogP contribution in [0.2, 0.25) is 0 Å². The van der Waals surface area contributed by atoms with E-state index in [1.165, 1.54) is 6.08 Å². The number of primary amides is 1. The molecule has 4 rings (SSSR count). The van der Waals surface area contributed by atoms with Gasteiger partial charge in [0, 0.05) is 48.9 Å². The fourth-order valence-electron chi connectivity index (χ4n) is 3.72. The Labute approximate surface area is 219 Å². The van der Waals surface area contributed by atoms with Crippen LogP contribution in [0, 0.1) is 0 Å². The van der Waals surface area contributed by atoms with Crippen LogP contribution in [0.15, 0.2) is 60.9 Å². The number of benzene rings is 2. The van der Waals surface area contributed by atoms with Gasteiger partial charge in [0.1, 0.15) is 17.1 Å². The van der Waals surface area contributed by atoms with Crippen molar-refractivity contribution >= 4 is 41.1 Å². The van der Waals surface area contributed by atoms with Crippen LogP contribution < -0.4 is 25.8 Å². The van der Waals surface area contributed by atoms with E-state index in [9.17, 15) is 9.59 Å². The second-order valence-electron chi connectivity index (χ2n) is 8.05. The number of nitrogens with zero attached hydrogens (tertiary/aromatic N) is 3. The first kappa shape index (κ1) is 26.0. The van der Waals surface area contributed by atoms with Crippen molar-refractivity contribution in [3.05, 3.63) is 77.6 Å². The molecule has 2 aromatic heterocycles. The second-order valence-corrected chi connectivity index (χ2v) is 8.05. The molecule has 0 fully saturated rings. The van der Waals surface area contributed by atoms with E-state index in [2.05, 4.69) is 20.6 Å². The van der Waals surface area contributed by atoms with Gasteiger partial charge in [0.15, 0.2) is 11.5 Å². The number of fused-ring (bicyclic) bond motifs is 1. The topological polar surface area (TPSA) is 142 Å². The van der Waals surface area contributed by atoms with Crippen molar-refractivity contribution < 1.29 is 23.8 Å². The third kappa shape index (κ3) is 6.01. The predicted octanol–water partition coefficient (Wildman–Crippen LogP) is 3.78.